The van der Waals surface area contributed by atoms with E-state index in [0.29, 0.717) is 23.2 Å². The van der Waals surface area contributed by atoms with Crippen LogP contribution in [0, 0.1) is 11.8 Å². The van der Waals surface area contributed by atoms with Gasteiger partial charge in [0.15, 0.2) is 5.78 Å². The van der Waals surface area contributed by atoms with Crippen LogP contribution in [0.5, 0.6) is 0 Å². The molecule has 4 aromatic rings. The molecular weight excluding hydrogens is 524 g/mol. The summed E-state index contributed by atoms with van der Waals surface area (Å²) in [5.41, 5.74) is 3.75. The minimum absolute atomic E-state index is 0.0250. The molecule has 0 aliphatic carbocycles. The number of rotatable bonds is 10. The SMILES string of the molecule is C[C@@H](O)[C@H](NC(=O)c1ccc(C#Cc2ccc(NC(=O)CCCc3csc4ccccc34)cc2)cc1)C(=O)CO. The highest BCUT2D eigenvalue weighted by Gasteiger charge is 2.25. The van der Waals surface area contributed by atoms with E-state index in [2.05, 4.69) is 40.0 Å². The third kappa shape index (κ3) is 7.64. The van der Waals surface area contributed by atoms with Crippen LogP contribution in [-0.2, 0) is 16.0 Å². The fraction of sp³-hybridized carbons (Fsp3) is 0.219. The third-order valence-corrected chi connectivity index (χ3v) is 7.36. The van der Waals surface area contributed by atoms with Crippen molar-refractivity contribution in [2.75, 3.05) is 11.9 Å². The van der Waals surface area contributed by atoms with Gasteiger partial charge in [-0.25, -0.2) is 0 Å². The van der Waals surface area contributed by atoms with Crippen LogP contribution < -0.4 is 10.6 Å². The van der Waals surface area contributed by atoms with Gasteiger partial charge in [0.1, 0.15) is 12.6 Å². The summed E-state index contributed by atoms with van der Waals surface area (Å²) < 4.78 is 1.27. The number of Topliss-reactive ketones (excluding diaryl/α,β-unsaturated/α-hetero) is 1. The molecule has 4 rings (SSSR count). The summed E-state index contributed by atoms with van der Waals surface area (Å²) in [5.74, 6) is 4.86. The van der Waals surface area contributed by atoms with Gasteiger partial charge in [0.25, 0.3) is 5.91 Å². The third-order valence-electron chi connectivity index (χ3n) is 6.35. The molecule has 0 spiro atoms. The van der Waals surface area contributed by atoms with Gasteiger partial charge < -0.3 is 20.8 Å². The Kier molecular flexibility index (Phi) is 9.81. The maximum absolute atomic E-state index is 12.4. The second kappa shape index (κ2) is 13.7. The number of nitrogens with one attached hydrogen (secondary N) is 2. The van der Waals surface area contributed by atoms with Crippen LogP contribution in [0.4, 0.5) is 5.69 Å². The van der Waals surface area contributed by atoms with Crippen molar-refractivity contribution in [3.63, 3.8) is 0 Å². The van der Waals surface area contributed by atoms with Crippen molar-refractivity contribution < 1.29 is 24.6 Å². The lowest BCUT2D eigenvalue weighted by molar-refractivity contribution is -0.126. The van der Waals surface area contributed by atoms with Crippen LogP contribution in [0.2, 0.25) is 0 Å². The summed E-state index contributed by atoms with van der Waals surface area (Å²) in [6.07, 6.45) is 0.949. The molecule has 7 nitrogen and oxygen atoms in total. The number of fused-ring (bicyclic) bond motifs is 1. The minimum atomic E-state index is -1.18. The van der Waals surface area contributed by atoms with Crippen LogP contribution in [0.1, 0.15) is 46.8 Å². The maximum Gasteiger partial charge on any atom is 0.251 e. The Hall–Kier alpha value is -4.29. The molecule has 1 heterocycles. The number of aliphatic hydroxyl groups is 2. The van der Waals surface area contributed by atoms with Crippen molar-refractivity contribution >= 4 is 44.7 Å². The average Bonchev–Trinajstić information content (AvgIpc) is 3.38. The van der Waals surface area contributed by atoms with E-state index in [9.17, 15) is 19.5 Å². The summed E-state index contributed by atoms with van der Waals surface area (Å²) in [6, 6.07) is 20.9. The molecule has 3 aromatic carbocycles. The first kappa shape index (κ1) is 28.7. The molecule has 0 fully saturated rings. The fourth-order valence-electron chi connectivity index (χ4n) is 4.17. The molecule has 204 valence electrons. The molecule has 0 unspecified atom stereocenters. The molecule has 40 heavy (non-hydrogen) atoms. The van der Waals surface area contributed by atoms with Gasteiger partial charge in [0, 0.05) is 33.5 Å². The lowest BCUT2D eigenvalue weighted by Gasteiger charge is -2.19. The molecule has 0 saturated heterocycles. The Morgan fingerprint density at radius 3 is 2.23 bits per heavy atom. The van der Waals surface area contributed by atoms with E-state index in [0.717, 1.165) is 18.4 Å². The molecule has 4 N–H and O–H groups in total. The number of carbonyl (C=O) groups is 3. The van der Waals surface area contributed by atoms with Crippen molar-refractivity contribution in [3.8, 4) is 11.8 Å². The first-order valence-electron chi connectivity index (χ1n) is 12.9. The zero-order valence-corrected chi connectivity index (χ0v) is 22.8. The number of amides is 2. The van der Waals surface area contributed by atoms with Gasteiger partial charge in [-0.3, -0.25) is 14.4 Å². The van der Waals surface area contributed by atoms with Crippen LogP contribution in [0.3, 0.4) is 0 Å². The summed E-state index contributed by atoms with van der Waals surface area (Å²) >= 11 is 1.73. The van der Waals surface area contributed by atoms with E-state index in [1.165, 1.54) is 22.6 Å². The largest absolute Gasteiger partial charge is 0.391 e. The fourth-order valence-corrected chi connectivity index (χ4v) is 5.17. The smallest absolute Gasteiger partial charge is 0.251 e. The maximum atomic E-state index is 12.4. The van der Waals surface area contributed by atoms with Gasteiger partial charge in [-0.2, -0.15) is 0 Å². The van der Waals surface area contributed by atoms with E-state index in [1.54, 1.807) is 35.6 Å². The Balaban J connectivity index is 1.26. The standard InChI is InChI=1S/C32H30N2O5S/c1-21(36)31(28(37)19-35)34-32(39)24-15-11-22(12-16-24)9-10-23-13-17-26(18-14-23)33-30(38)8-4-5-25-20-40-29-7-3-2-6-27(25)29/h2-3,6-7,11-18,20-21,31,35-36H,4-5,8,19H2,1H3,(H,33,38)(H,34,39)/t21-,31+/m1/s1. The number of hydrogen-bond acceptors (Lipinski definition) is 6. The van der Waals surface area contributed by atoms with Gasteiger partial charge in [-0.1, -0.05) is 30.0 Å². The molecular formula is C32H30N2O5S. The minimum Gasteiger partial charge on any atom is -0.391 e. The number of carbonyl (C=O) groups excluding carboxylic acids is 3. The van der Waals surface area contributed by atoms with E-state index in [1.807, 2.05) is 36.4 Å². The number of thiophene rings is 1. The van der Waals surface area contributed by atoms with Gasteiger partial charge in [-0.05, 0) is 90.7 Å². The van der Waals surface area contributed by atoms with Crippen molar-refractivity contribution in [3.05, 3.63) is 100 Å². The van der Waals surface area contributed by atoms with Gasteiger partial charge in [0.2, 0.25) is 5.91 Å². The average molecular weight is 555 g/mol. The quantitative estimate of drug-likeness (QED) is 0.218. The molecule has 0 radical (unpaired) electrons. The molecule has 2 amide bonds. The first-order chi connectivity index (χ1) is 19.3. The topological polar surface area (TPSA) is 116 Å². The molecule has 0 bridgehead atoms. The summed E-state index contributed by atoms with van der Waals surface area (Å²) in [5, 5.41) is 27.5. The summed E-state index contributed by atoms with van der Waals surface area (Å²) in [7, 11) is 0. The van der Waals surface area contributed by atoms with E-state index in [4.69, 9.17) is 5.11 Å². The molecule has 1 aromatic heterocycles. The van der Waals surface area contributed by atoms with Crippen molar-refractivity contribution in [1.82, 2.24) is 5.32 Å². The van der Waals surface area contributed by atoms with Crippen molar-refractivity contribution in [2.45, 2.75) is 38.3 Å². The lowest BCUT2D eigenvalue weighted by atomic mass is 10.1. The van der Waals surface area contributed by atoms with Gasteiger partial charge in [0.05, 0.1) is 6.10 Å². The zero-order chi connectivity index (χ0) is 28.5. The Morgan fingerprint density at radius 1 is 0.925 bits per heavy atom. The Labute approximate surface area is 236 Å². The van der Waals surface area contributed by atoms with Crippen molar-refractivity contribution in [2.24, 2.45) is 0 Å². The van der Waals surface area contributed by atoms with Crippen molar-refractivity contribution in [1.29, 1.82) is 0 Å². The van der Waals surface area contributed by atoms with Crippen LogP contribution >= 0.6 is 11.3 Å². The van der Waals surface area contributed by atoms with Crippen LogP contribution in [-0.4, -0.2) is 46.6 Å². The monoisotopic (exact) mass is 554 g/mol. The second-order valence-electron chi connectivity index (χ2n) is 9.38. The van der Waals surface area contributed by atoms with Gasteiger partial charge >= 0.3 is 0 Å². The molecule has 0 aliphatic rings. The Bertz CT molecular complexity index is 1550. The number of anilines is 1. The molecule has 8 heteroatoms. The van der Waals surface area contributed by atoms with E-state index < -0.39 is 30.4 Å². The zero-order valence-electron chi connectivity index (χ0n) is 22.0. The second-order valence-corrected chi connectivity index (χ2v) is 10.3. The summed E-state index contributed by atoms with van der Waals surface area (Å²) in [6.45, 7) is 0.595. The molecule has 0 saturated carbocycles. The highest BCUT2D eigenvalue weighted by Crippen LogP contribution is 2.26. The first-order valence-corrected chi connectivity index (χ1v) is 13.8. The van der Waals surface area contributed by atoms with Crippen LogP contribution in [0.25, 0.3) is 10.1 Å². The Morgan fingerprint density at radius 2 is 1.57 bits per heavy atom. The molecule has 2 atom stereocenters. The highest BCUT2D eigenvalue weighted by molar-refractivity contribution is 7.17. The van der Waals surface area contributed by atoms with E-state index in [-0.39, 0.29) is 5.91 Å². The number of benzene rings is 3. The summed E-state index contributed by atoms with van der Waals surface area (Å²) in [4.78, 5) is 36.6. The highest BCUT2D eigenvalue weighted by atomic mass is 32.1. The normalized spacial score (nSPS) is 12.2. The number of aliphatic hydroxyl groups excluding tert-OH is 2. The van der Waals surface area contributed by atoms with E-state index >= 15 is 0 Å². The predicted octanol–water partition coefficient (Wildman–Crippen LogP) is 4.30. The predicted molar refractivity (Wildman–Crippen MR) is 157 cm³/mol. The lowest BCUT2D eigenvalue weighted by Crippen LogP contribution is -2.48. The van der Waals surface area contributed by atoms with Crippen LogP contribution in [0.15, 0.2) is 78.2 Å². The number of hydrogen-bond donors (Lipinski definition) is 4. The number of ketones is 1. The number of aryl methyl sites for hydroxylation is 1. The van der Waals surface area contributed by atoms with Gasteiger partial charge in [-0.15, -0.1) is 11.3 Å². The molecule has 0 aliphatic heterocycles.